The molecule has 0 saturated carbocycles. The molecule has 0 aliphatic heterocycles. The SMILES string of the molecule is [2H][B]c1ccc2ccccc2c1. The minimum absolute atomic E-state index is 0.953. The second-order valence-corrected chi connectivity index (χ2v) is 2.61. The van der Waals surface area contributed by atoms with Crippen LogP contribution in [-0.4, -0.2) is 9.15 Å². The second kappa shape index (κ2) is 2.42. The van der Waals surface area contributed by atoms with Crippen LogP contribution in [0.2, 0.25) is 0 Å². The van der Waals surface area contributed by atoms with Crippen LogP contribution in [0.4, 0.5) is 0 Å². The average molecular weight is 140 g/mol. The first kappa shape index (κ1) is 5.42. The summed E-state index contributed by atoms with van der Waals surface area (Å²) in [5.74, 6) is 0. The lowest BCUT2D eigenvalue weighted by atomic mass is 9.94. The number of fused-ring (bicyclic) bond motifs is 1. The highest BCUT2D eigenvalue weighted by atomic mass is 13.9. The van der Waals surface area contributed by atoms with Crippen LogP contribution >= 0.6 is 0 Å². The molecule has 0 amide bonds. The van der Waals surface area contributed by atoms with Gasteiger partial charge in [-0.25, -0.2) is 0 Å². The maximum Gasteiger partial charge on any atom is 0.129 e. The monoisotopic (exact) mass is 140 g/mol. The van der Waals surface area contributed by atoms with Gasteiger partial charge < -0.3 is 0 Å². The van der Waals surface area contributed by atoms with Crippen molar-refractivity contribution >= 4 is 24.0 Å². The summed E-state index contributed by atoms with van der Waals surface area (Å²) >= 11 is 0. The van der Waals surface area contributed by atoms with Crippen LogP contribution in [0.15, 0.2) is 42.5 Å². The van der Waals surface area contributed by atoms with Crippen molar-refractivity contribution in [3.8, 4) is 0 Å². The molecule has 0 aliphatic rings. The molecule has 2 rings (SSSR count). The van der Waals surface area contributed by atoms with E-state index in [9.17, 15) is 0 Å². The van der Waals surface area contributed by atoms with Gasteiger partial charge in [0.1, 0.15) is 7.81 Å². The minimum atomic E-state index is 0.953. The molecule has 0 N–H and O–H groups in total. The second-order valence-electron chi connectivity index (χ2n) is 2.61. The zero-order valence-corrected chi connectivity index (χ0v) is 6.12. The summed E-state index contributed by atoms with van der Waals surface area (Å²) in [7, 11) is 1.37. The van der Waals surface area contributed by atoms with Gasteiger partial charge in [0, 0.05) is 0 Å². The highest BCUT2D eigenvalue weighted by Crippen LogP contribution is 2.09. The van der Waals surface area contributed by atoms with E-state index in [4.69, 9.17) is 1.34 Å². The molecule has 2 aromatic rings. The van der Waals surface area contributed by atoms with Gasteiger partial charge in [-0.1, -0.05) is 47.9 Å². The van der Waals surface area contributed by atoms with Crippen molar-refractivity contribution < 1.29 is 0 Å². The maximum absolute atomic E-state index is 7.09. The van der Waals surface area contributed by atoms with E-state index in [0.717, 1.165) is 5.46 Å². The molecule has 51 valence electrons. The molecule has 0 aliphatic carbocycles. The van der Waals surface area contributed by atoms with E-state index < -0.39 is 0 Å². The summed E-state index contributed by atoms with van der Waals surface area (Å²) in [4.78, 5) is 0. The van der Waals surface area contributed by atoms with Crippen molar-refractivity contribution in [1.82, 2.24) is 0 Å². The molecule has 2 aromatic carbocycles. The lowest BCUT2D eigenvalue weighted by Gasteiger charge is -1.97. The molecule has 0 heterocycles. The van der Waals surface area contributed by atoms with Crippen molar-refractivity contribution in [1.29, 1.82) is 1.34 Å². The van der Waals surface area contributed by atoms with Gasteiger partial charge in [0.05, 0.1) is 0 Å². The molecule has 0 spiro atoms. The number of rotatable bonds is 1. The topological polar surface area (TPSA) is 0 Å². The first-order valence-electron chi connectivity index (χ1n) is 4.18. The Labute approximate surface area is 68.6 Å². The molecule has 0 nitrogen and oxygen atoms in total. The van der Waals surface area contributed by atoms with Gasteiger partial charge in [-0.2, -0.15) is 0 Å². The van der Waals surface area contributed by atoms with Crippen LogP contribution in [0.1, 0.15) is 0 Å². The zero-order chi connectivity index (χ0) is 8.39. The van der Waals surface area contributed by atoms with E-state index in [1.165, 1.54) is 18.6 Å². The molecule has 0 unspecified atom stereocenters. The van der Waals surface area contributed by atoms with Crippen molar-refractivity contribution in [2.24, 2.45) is 0 Å². The quantitative estimate of drug-likeness (QED) is 0.524. The van der Waals surface area contributed by atoms with Crippen LogP contribution in [0.3, 0.4) is 0 Å². The molecular weight excluding hydrogens is 131 g/mol. The van der Waals surface area contributed by atoms with Crippen molar-refractivity contribution in [2.75, 3.05) is 0 Å². The summed E-state index contributed by atoms with van der Waals surface area (Å²) in [6, 6.07) is 14.2. The molecule has 0 saturated heterocycles. The van der Waals surface area contributed by atoms with Gasteiger partial charge in [0.25, 0.3) is 0 Å². The third-order valence-corrected chi connectivity index (χ3v) is 1.77. The van der Waals surface area contributed by atoms with E-state index >= 15 is 0 Å². The largest absolute Gasteiger partial charge is 0.129 e. The van der Waals surface area contributed by atoms with Crippen molar-refractivity contribution in [2.45, 2.75) is 0 Å². The summed E-state index contributed by atoms with van der Waals surface area (Å²) in [5.41, 5.74) is 0.953. The summed E-state index contributed by atoms with van der Waals surface area (Å²) in [6.45, 7) is 0. The first-order valence-corrected chi connectivity index (χ1v) is 3.60. The fraction of sp³-hybridized carbons (Fsp3) is 0. The Bertz CT molecular complexity index is 398. The standard InChI is InChI=1S/C10H8B/c11-10-6-5-8-3-1-2-4-9(8)7-10/h1-7,11H/i11D. The Hall–Kier alpha value is -1.24. The van der Waals surface area contributed by atoms with Crippen LogP contribution in [0, 0.1) is 0 Å². The number of hydrogen-bond acceptors (Lipinski definition) is 0. The Balaban J connectivity index is 2.67. The van der Waals surface area contributed by atoms with E-state index in [-0.39, 0.29) is 0 Å². The molecule has 0 bridgehead atoms. The van der Waals surface area contributed by atoms with E-state index in [0.29, 0.717) is 0 Å². The predicted molar refractivity (Wildman–Crippen MR) is 50.7 cm³/mol. The van der Waals surface area contributed by atoms with Crippen LogP contribution in [0.5, 0.6) is 0 Å². The van der Waals surface area contributed by atoms with Gasteiger partial charge in [-0.3, -0.25) is 0 Å². The Morgan fingerprint density at radius 3 is 2.64 bits per heavy atom. The lowest BCUT2D eigenvalue weighted by molar-refractivity contribution is 1.78. The zero-order valence-electron chi connectivity index (χ0n) is 7.12. The molecule has 1 heteroatoms. The maximum atomic E-state index is 7.09. The van der Waals surface area contributed by atoms with E-state index in [1.54, 1.807) is 0 Å². The number of benzene rings is 2. The van der Waals surface area contributed by atoms with Crippen LogP contribution in [0.25, 0.3) is 10.8 Å². The third kappa shape index (κ3) is 1.14. The molecular formula is C10H8B. The molecule has 1 radical (unpaired) electrons. The van der Waals surface area contributed by atoms with Gasteiger partial charge in [-0.15, -0.1) is 0 Å². The highest BCUT2D eigenvalue weighted by Gasteiger charge is 1.89. The summed E-state index contributed by atoms with van der Waals surface area (Å²) in [6.07, 6.45) is 0. The van der Waals surface area contributed by atoms with Crippen LogP contribution in [-0.2, 0) is 0 Å². The van der Waals surface area contributed by atoms with E-state index in [1.807, 2.05) is 30.3 Å². The van der Waals surface area contributed by atoms with E-state index in [2.05, 4.69) is 12.1 Å². The first-order chi connectivity index (χ1) is 5.90. The van der Waals surface area contributed by atoms with Crippen molar-refractivity contribution in [3.05, 3.63) is 42.5 Å². The third-order valence-electron chi connectivity index (χ3n) is 1.77. The molecule has 0 fully saturated rings. The fourth-order valence-corrected chi connectivity index (χ4v) is 1.21. The molecule has 0 aromatic heterocycles. The minimum Gasteiger partial charge on any atom is -0.0919 e. The number of hydrogen-bond donors (Lipinski definition) is 0. The normalized spacial score (nSPS) is 11.1. The summed E-state index contributed by atoms with van der Waals surface area (Å²) < 4.78 is 7.09. The Kier molecular flexibility index (Phi) is 1.19. The Morgan fingerprint density at radius 2 is 1.82 bits per heavy atom. The van der Waals surface area contributed by atoms with Gasteiger partial charge in [0.15, 0.2) is 0 Å². The fourth-order valence-electron chi connectivity index (χ4n) is 1.21. The highest BCUT2D eigenvalue weighted by molar-refractivity contribution is 6.33. The van der Waals surface area contributed by atoms with Gasteiger partial charge in [0.2, 0.25) is 0 Å². The molecule has 0 atom stereocenters. The smallest absolute Gasteiger partial charge is 0.0919 e. The van der Waals surface area contributed by atoms with Gasteiger partial charge in [-0.05, 0) is 12.1 Å². The van der Waals surface area contributed by atoms with Crippen molar-refractivity contribution in [3.63, 3.8) is 0 Å². The Morgan fingerprint density at radius 1 is 1.00 bits per heavy atom. The summed E-state index contributed by atoms with van der Waals surface area (Å²) in [5, 5.41) is 2.42. The molecule has 11 heavy (non-hydrogen) atoms. The van der Waals surface area contributed by atoms with Crippen LogP contribution < -0.4 is 5.46 Å². The average Bonchev–Trinajstić information content (AvgIpc) is 2.17. The van der Waals surface area contributed by atoms with Gasteiger partial charge >= 0.3 is 0 Å². The predicted octanol–water partition coefficient (Wildman–Crippen LogP) is 1.37. The lowest BCUT2D eigenvalue weighted by Crippen LogP contribution is -1.99.